The lowest BCUT2D eigenvalue weighted by Crippen LogP contribution is -2.37. The van der Waals surface area contributed by atoms with Crippen molar-refractivity contribution in [2.45, 2.75) is 64.0 Å². The first-order valence-electron chi connectivity index (χ1n) is 6.17. The summed E-state index contributed by atoms with van der Waals surface area (Å²) in [5.41, 5.74) is 0. The van der Waals surface area contributed by atoms with Crippen molar-refractivity contribution in [3.05, 3.63) is 0 Å². The summed E-state index contributed by atoms with van der Waals surface area (Å²) in [5.74, 6) is 0. The van der Waals surface area contributed by atoms with Crippen LogP contribution in [0.25, 0.3) is 0 Å². The third-order valence-corrected chi connectivity index (χ3v) is 3.15. The molecule has 0 aromatic rings. The molecule has 1 saturated heterocycles. The van der Waals surface area contributed by atoms with Gasteiger partial charge >= 0.3 is 0 Å². The van der Waals surface area contributed by atoms with Gasteiger partial charge in [-0.2, -0.15) is 0 Å². The van der Waals surface area contributed by atoms with Crippen molar-refractivity contribution in [3.8, 4) is 0 Å². The van der Waals surface area contributed by atoms with Gasteiger partial charge in [-0.25, -0.2) is 0 Å². The van der Waals surface area contributed by atoms with Crippen LogP contribution in [0.5, 0.6) is 0 Å². The average Bonchev–Trinajstić information content (AvgIpc) is 2.71. The molecule has 2 nitrogen and oxygen atoms in total. The Morgan fingerprint density at radius 1 is 1.36 bits per heavy atom. The number of rotatable bonds is 7. The molecule has 0 bridgehead atoms. The smallest absolute Gasteiger partial charge is 0.0728 e. The lowest BCUT2D eigenvalue weighted by atomic mass is 10.0. The lowest BCUT2D eigenvalue weighted by molar-refractivity contribution is 0.0772. The highest BCUT2D eigenvalue weighted by Crippen LogP contribution is 2.19. The van der Waals surface area contributed by atoms with E-state index in [2.05, 4.69) is 19.3 Å². The summed E-state index contributed by atoms with van der Waals surface area (Å²) in [6.07, 6.45) is 9.69. The molecule has 1 rings (SSSR count). The first-order valence-corrected chi connectivity index (χ1v) is 6.17. The Hall–Kier alpha value is -0.0800. The summed E-state index contributed by atoms with van der Waals surface area (Å²) in [5, 5.41) is 3.40. The fraction of sp³-hybridized carbons (Fsp3) is 1.00. The van der Waals surface area contributed by atoms with Gasteiger partial charge in [0.1, 0.15) is 0 Å². The summed E-state index contributed by atoms with van der Waals surface area (Å²) in [6.45, 7) is 3.23. The fourth-order valence-corrected chi connectivity index (χ4v) is 2.23. The van der Waals surface area contributed by atoms with E-state index in [0.717, 1.165) is 6.61 Å². The number of hydrogen-bond acceptors (Lipinski definition) is 2. The maximum Gasteiger partial charge on any atom is 0.0728 e. The summed E-state index contributed by atoms with van der Waals surface area (Å²) in [7, 11) is 2.06. The second kappa shape index (κ2) is 7.24. The van der Waals surface area contributed by atoms with Gasteiger partial charge in [0.25, 0.3) is 0 Å². The van der Waals surface area contributed by atoms with Crippen molar-refractivity contribution in [1.29, 1.82) is 0 Å². The van der Waals surface area contributed by atoms with E-state index in [-0.39, 0.29) is 0 Å². The van der Waals surface area contributed by atoms with Gasteiger partial charge in [-0.1, -0.05) is 32.6 Å². The zero-order valence-corrected chi connectivity index (χ0v) is 9.72. The molecule has 1 fully saturated rings. The van der Waals surface area contributed by atoms with E-state index in [1.807, 2.05) is 0 Å². The Balaban J connectivity index is 2.11. The van der Waals surface area contributed by atoms with Gasteiger partial charge in [-0.15, -0.1) is 0 Å². The Kier molecular flexibility index (Phi) is 6.20. The molecule has 0 spiro atoms. The van der Waals surface area contributed by atoms with Gasteiger partial charge in [0, 0.05) is 12.6 Å². The van der Waals surface area contributed by atoms with E-state index >= 15 is 0 Å². The van der Waals surface area contributed by atoms with Crippen LogP contribution in [-0.4, -0.2) is 25.8 Å². The van der Waals surface area contributed by atoms with Crippen LogP contribution in [0.2, 0.25) is 0 Å². The molecule has 84 valence electrons. The molecule has 2 atom stereocenters. The van der Waals surface area contributed by atoms with E-state index in [4.69, 9.17) is 4.74 Å². The molecule has 0 amide bonds. The molecule has 0 radical (unpaired) electrons. The molecule has 0 saturated carbocycles. The second-order valence-electron chi connectivity index (χ2n) is 4.30. The molecule has 14 heavy (non-hydrogen) atoms. The number of unbranched alkanes of at least 4 members (excludes halogenated alkanes) is 3. The van der Waals surface area contributed by atoms with Crippen LogP contribution in [0, 0.1) is 0 Å². The van der Waals surface area contributed by atoms with Crippen LogP contribution in [0.3, 0.4) is 0 Å². The first kappa shape index (κ1) is 12.0. The largest absolute Gasteiger partial charge is 0.377 e. The predicted octanol–water partition coefficient (Wildman–Crippen LogP) is 2.72. The number of ether oxygens (including phenoxy) is 1. The van der Waals surface area contributed by atoms with Crippen LogP contribution < -0.4 is 5.32 Å². The zero-order chi connectivity index (χ0) is 10.2. The van der Waals surface area contributed by atoms with E-state index in [1.54, 1.807) is 0 Å². The van der Waals surface area contributed by atoms with Gasteiger partial charge in [0.05, 0.1) is 6.10 Å². The maximum absolute atomic E-state index is 5.70. The minimum absolute atomic E-state index is 0.488. The molecule has 0 aliphatic carbocycles. The topological polar surface area (TPSA) is 21.3 Å². The molecule has 1 N–H and O–H groups in total. The SMILES string of the molecule is CCCCCCC(NC)C1CCCO1. The van der Waals surface area contributed by atoms with Crippen molar-refractivity contribution in [2.75, 3.05) is 13.7 Å². The summed E-state index contributed by atoms with van der Waals surface area (Å²) >= 11 is 0. The van der Waals surface area contributed by atoms with E-state index in [9.17, 15) is 0 Å². The standard InChI is InChI=1S/C12H25NO/c1-3-4-5-6-8-11(13-2)12-9-7-10-14-12/h11-13H,3-10H2,1-2H3. The quantitative estimate of drug-likeness (QED) is 0.637. The highest BCUT2D eigenvalue weighted by molar-refractivity contribution is 4.79. The third-order valence-electron chi connectivity index (χ3n) is 3.15. The monoisotopic (exact) mass is 199 g/mol. The van der Waals surface area contributed by atoms with Gasteiger partial charge in [0.15, 0.2) is 0 Å². The van der Waals surface area contributed by atoms with Crippen LogP contribution in [0.1, 0.15) is 51.9 Å². The number of nitrogens with one attached hydrogen (secondary N) is 1. The maximum atomic E-state index is 5.70. The summed E-state index contributed by atoms with van der Waals surface area (Å²) in [6, 6.07) is 0.592. The average molecular weight is 199 g/mol. The summed E-state index contributed by atoms with van der Waals surface area (Å²) < 4.78 is 5.70. The molecule has 0 aromatic heterocycles. The molecule has 2 unspecified atom stereocenters. The second-order valence-corrected chi connectivity index (χ2v) is 4.30. The van der Waals surface area contributed by atoms with Crippen molar-refractivity contribution >= 4 is 0 Å². The Labute approximate surface area is 88.4 Å². The Morgan fingerprint density at radius 3 is 2.79 bits per heavy atom. The summed E-state index contributed by atoms with van der Waals surface area (Å²) in [4.78, 5) is 0. The Morgan fingerprint density at radius 2 is 2.21 bits per heavy atom. The normalized spacial score (nSPS) is 24.0. The molecule has 2 heteroatoms. The third kappa shape index (κ3) is 3.97. The van der Waals surface area contributed by atoms with Crippen LogP contribution in [-0.2, 0) is 4.74 Å². The van der Waals surface area contributed by atoms with Crippen LogP contribution in [0.15, 0.2) is 0 Å². The van der Waals surface area contributed by atoms with Crippen LogP contribution >= 0.6 is 0 Å². The van der Waals surface area contributed by atoms with Gasteiger partial charge in [0.2, 0.25) is 0 Å². The molecule has 1 aliphatic rings. The molecule has 0 aromatic carbocycles. The lowest BCUT2D eigenvalue weighted by Gasteiger charge is -2.22. The van der Waals surface area contributed by atoms with Crippen LogP contribution in [0.4, 0.5) is 0 Å². The minimum Gasteiger partial charge on any atom is -0.377 e. The fourth-order valence-electron chi connectivity index (χ4n) is 2.23. The zero-order valence-electron chi connectivity index (χ0n) is 9.72. The van der Waals surface area contributed by atoms with Gasteiger partial charge < -0.3 is 10.1 Å². The van der Waals surface area contributed by atoms with Crippen molar-refractivity contribution in [1.82, 2.24) is 5.32 Å². The molecular weight excluding hydrogens is 174 g/mol. The highest BCUT2D eigenvalue weighted by Gasteiger charge is 2.23. The number of likely N-dealkylation sites (N-methyl/N-ethyl adjacent to an activating group) is 1. The van der Waals surface area contributed by atoms with Crippen molar-refractivity contribution < 1.29 is 4.74 Å². The van der Waals surface area contributed by atoms with Crippen molar-refractivity contribution in [2.24, 2.45) is 0 Å². The predicted molar refractivity (Wildman–Crippen MR) is 60.6 cm³/mol. The number of hydrogen-bond donors (Lipinski definition) is 1. The van der Waals surface area contributed by atoms with E-state index in [0.29, 0.717) is 12.1 Å². The van der Waals surface area contributed by atoms with Crippen molar-refractivity contribution in [3.63, 3.8) is 0 Å². The van der Waals surface area contributed by atoms with E-state index in [1.165, 1.54) is 44.9 Å². The van der Waals surface area contributed by atoms with Gasteiger partial charge in [-0.05, 0) is 26.3 Å². The first-order chi connectivity index (χ1) is 6.88. The minimum atomic E-state index is 0.488. The molecular formula is C12H25NO. The molecule has 1 aliphatic heterocycles. The highest BCUT2D eigenvalue weighted by atomic mass is 16.5. The van der Waals surface area contributed by atoms with E-state index < -0.39 is 0 Å². The molecule has 1 heterocycles. The van der Waals surface area contributed by atoms with Gasteiger partial charge in [-0.3, -0.25) is 0 Å². The Bertz CT molecular complexity index is 132.